The average Bonchev–Trinajstić information content (AvgIpc) is 3.03. The first-order valence-corrected chi connectivity index (χ1v) is 9.13. The van der Waals surface area contributed by atoms with Crippen molar-refractivity contribution < 1.29 is 9.90 Å². The van der Waals surface area contributed by atoms with Gasteiger partial charge in [-0.25, -0.2) is 0 Å². The molecule has 0 aromatic heterocycles. The Balaban J connectivity index is 0.000000222. The molecule has 2 nitrogen and oxygen atoms in total. The first-order chi connectivity index (χ1) is 10.7. The molecule has 0 aromatic carbocycles. The lowest BCUT2D eigenvalue weighted by atomic mass is 9.58. The Hall–Kier alpha value is -1.02. The van der Waals surface area contributed by atoms with E-state index in [2.05, 4.69) is 18.2 Å². The second-order valence-electron chi connectivity index (χ2n) is 7.41. The van der Waals surface area contributed by atoms with E-state index in [0.717, 1.165) is 29.6 Å². The molecule has 4 fully saturated rings. The molecule has 0 spiro atoms. The molecule has 22 heavy (non-hydrogen) atoms. The highest BCUT2D eigenvalue weighted by Crippen LogP contribution is 2.60. The Morgan fingerprint density at radius 2 is 1.91 bits per heavy atom. The fraction of sp³-hybridized carbons (Fsp3) is 0.632. The third-order valence-electron chi connectivity index (χ3n) is 6.57. The van der Waals surface area contributed by atoms with Crippen molar-refractivity contribution in [3.63, 3.8) is 0 Å². The van der Waals surface area contributed by atoms with Crippen LogP contribution in [0, 0.1) is 29.6 Å². The van der Waals surface area contributed by atoms with Gasteiger partial charge in [-0.3, -0.25) is 4.79 Å². The lowest BCUT2D eigenvalue weighted by Gasteiger charge is -2.47. The molecular formula is C19H23ClO2. The summed E-state index contributed by atoms with van der Waals surface area (Å²) in [7, 11) is 0. The normalized spacial score (nSPS) is 39.9. The van der Waals surface area contributed by atoms with Crippen molar-refractivity contribution in [3.8, 4) is 0 Å². The van der Waals surface area contributed by atoms with E-state index < -0.39 is 5.97 Å². The number of hydrogen-bond acceptors (Lipinski definition) is 1. The largest absolute Gasteiger partial charge is 0.480 e. The van der Waals surface area contributed by atoms with Crippen LogP contribution in [0.15, 0.2) is 34.9 Å². The SMILES string of the molecule is C1=C2C3=CC=C2C2CCC4CC3CCC4C2C1.O=C(O)CCl. The van der Waals surface area contributed by atoms with Gasteiger partial charge < -0.3 is 5.11 Å². The van der Waals surface area contributed by atoms with Crippen molar-refractivity contribution in [2.24, 2.45) is 29.6 Å². The second-order valence-corrected chi connectivity index (χ2v) is 7.67. The Morgan fingerprint density at radius 3 is 2.68 bits per heavy atom. The summed E-state index contributed by atoms with van der Waals surface area (Å²) in [4.78, 5) is 9.24. The molecule has 0 saturated heterocycles. The molecule has 1 N–H and O–H groups in total. The van der Waals surface area contributed by atoms with E-state index in [9.17, 15) is 4.79 Å². The van der Waals surface area contributed by atoms with Crippen LogP contribution in [0.3, 0.4) is 0 Å². The van der Waals surface area contributed by atoms with Gasteiger partial charge in [0.05, 0.1) is 0 Å². The van der Waals surface area contributed by atoms with Crippen molar-refractivity contribution in [2.75, 3.05) is 5.88 Å². The van der Waals surface area contributed by atoms with Gasteiger partial charge >= 0.3 is 5.97 Å². The molecule has 0 aliphatic heterocycles. The molecule has 0 heterocycles. The second kappa shape index (κ2) is 5.56. The lowest BCUT2D eigenvalue weighted by molar-refractivity contribution is -0.134. The van der Waals surface area contributed by atoms with Crippen LogP contribution in [0.1, 0.15) is 38.5 Å². The summed E-state index contributed by atoms with van der Waals surface area (Å²) in [5, 5.41) is 7.59. The van der Waals surface area contributed by atoms with Crippen molar-refractivity contribution >= 4 is 17.6 Å². The van der Waals surface area contributed by atoms with Crippen LogP contribution in [0.2, 0.25) is 0 Å². The van der Waals surface area contributed by atoms with Gasteiger partial charge in [0, 0.05) is 0 Å². The standard InChI is InChI=1S/C17H20.C2H3ClO2/c1-3-12-11-2-4-16-14(12)7-8-15-13(10(1)9-11)5-6-17(15)16;3-1-2(4)5/h5-6,8,10-12,14,16H,1-4,7,9H2;1H2,(H,4,5). The minimum atomic E-state index is -0.980. The summed E-state index contributed by atoms with van der Waals surface area (Å²) in [5.41, 5.74) is 5.17. The molecule has 0 amide bonds. The molecule has 8 bridgehead atoms. The number of rotatable bonds is 1. The number of allylic oxidation sites excluding steroid dienone is 6. The highest BCUT2D eigenvalue weighted by molar-refractivity contribution is 6.26. The van der Waals surface area contributed by atoms with Crippen molar-refractivity contribution in [1.29, 1.82) is 0 Å². The smallest absolute Gasteiger partial charge is 0.318 e. The molecule has 8 aliphatic carbocycles. The molecule has 0 aromatic rings. The van der Waals surface area contributed by atoms with Crippen molar-refractivity contribution in [3.05, 3.63) is 34.9 Å². The first-order valence-electron chi connectivity index (χ1n) is 8.59. The highest BCUT2D eigenvalue weighted by atomic mass is 35.5. The van der Waals surface area contributed by atoms with Crippen LogP contribution < -0.4 is 0 Å². The Bertz CT molecular complexity index is 586. The highest BCUT2D eigenvalue weighted by Gasteiger charge is 2.48. The average molecular weight is 319 g/mol. The summed E-state index contributed by atoms with van der Waals surface area (Å²) < 4.78 is 0. The number of carboxylic acids is 1. The van der Waals surface area contributed by atoms with E-state index in [1.807, 2.05) is 0 Å². The maximum absolute atomic E-state index is 9.24. The van der Waals surface area contributed by atoms with Gasteiger partial charge in [0.2, 0.25) is 0 Å². The fourth-order valence-electron chi connectivity index (χ4n) is 5.79. The number of alkyl halides is 1. The van der Waals surface area contributed by atoms with Gasteiger partial charge in [-0.05, 0) is 84.8 Å². The van der Waals surface area contributed by atoms with Gasteiger partial charge in [0.15, 0.2) is 0 Å². The van der Waals surface area contributed by atoms with Crippen molar-refractivity contribution in [1.82, 2.24) is 0 Å². The molecule has 3 heteroatoms. The number of hydrogen-bond donors (Lipinski definition) is 1. The number of halogens is 1. The van der Waals surface area contributed by atoms with E-state index >= 15 is 0 Å². The van der Waals surface area contributed by atoms with Gasteiger partial charge in [-0.15, -0.1) is 11.6 Å². The summed E-state index contributed by atoms with van der Waals surface area (Å²) in [6.07, 6.45) is 16.5. The van der Waals surface area contributed by atoms with Crippen LogP contribution in [0.5, 0.6) is 0 Å². The summed E-state index contributed by atoms with van der Waals surface area (Å²) in [6, 6.07) is 0. The van der Waals surface area contributed by atoms with Gasteiger partial charge in [0.1, 0.15) is 5.88 Å². The number of fused-ring (bicyclic) bond motifs is 1. The minimum Gasteiger partial charge on any atom is -0.480 e. The van der Waals surface area contributed by atoms with E-state index in [1.165, 1.54) is 38.5 Å². The van der Waals surface area contributed by atoms with E-state index in [4.69, 9.17) is 16.7 Å². The maximum Gasteiger partial charge on any atom is 0.318 e. The number of aliphatic carboxylic acids is 1. The Kier molecular flexibility index (Phi) is 3.68. The third-order valence-corrected chi connectivity index (χ3v) is 6.80. The Labute approximate surface area is 136 Å². The van der Waals surface area contributed by atoms with E-state index in [1.54, 1.807) is 16.7 Å². The van der Waals surface area contributed by atoms with Crippen LogP contribution >= 0.6 is 11.6 Å². The zero-order valence-electron chi connectivity index (χ0n) is 12.8. The van der Waals surface area contributed by atoms with E-state index in [0.29, 0.717) is 0 Å². The number of carboxylic acid groups (broad SMARTS) is 1. The molecule has 5 atom stereocenters. The van der Waals surface area contributed by atoms with Crippen LogP contribution in [0.4, 0.5) is 0 Å². The van der Waals surface area contributed by atoms with Crippen LogP contribution in [-0.2, 0) is 4.79 Å². The molecule has 4 saturated carbocycles. The van der Waals surface area contributed by atoms with Crippen LogP contribution in [-0.4, -0.2) is 17.0 Å². The Morgan fingerprint density at radius 1 is 1.14 bits per heavy atom. The molecule has 8 rings (SSSR count). The van der Waals surface area contributed by atoms with Crippen LogP contribution in [0.25, 0.3) is 0 Å². The summed E-state index contributed by atoms with van der Waals surface area (Å²) in [6.45, 7) is 0. The zero-order valence-corrected chi connectivity index (χ0v) is 13.6. The van der Waals surface area contributed by atoms with E-state index in [-0.39, 0.29) is 5.88 Å². The predicted molar refractivity (Wildman–Crippen MR) is 87.8 cm³/mol. The molecular weight excluding hydrogens is 296 g/mol. The summed E-state index contributed by atoms with van der Waals surface area (Å²) in [5.74, 6) is 3.71. The van der Waals surface area contributed by atoms with Crippen molar-refractivity contribution in [2.45, 2.75) is 38.5 Å². The molecule has 8 aliphatic rings. The first kappa shape index (κ1) is 14.6. The maximum atomic E-state index is 9.24. The third kappa shape index (κ3) is 2.19. The molecule has 5 unspecified atom stereocenters. The lowest BCUT2D eigenvalue weighted by Crippen LogP contribution is -2.38. The monoisotopic (exact) mass is 318 g/mol. The number of carbonyl (C=O) groups is 1. The molecule has 118 valence electrons. The zero-order chi connectivity index (χ0) is 15.3. The van der Waals surface area contributed by atoms with Gasteiger partial charge in [-0.2, -0.15) is 0 Å². The van der Waals surface area contributed by atoms with Gasteiger partial charge in [0.25, 0.3) is 0 Å². The topological polar surface area (TPSA) is 37.3 Å². The predicted octanol–water partition coefficient (Wildman–Crippen LogP) is 4.57. The minimum absolute atomic E-state index is 0.306. The quantitative estimate of drug-likeness (QED) is 0.719. The van der Waals surface area contributed by atoms with Gasteiger partial charge in [-0.1, -0.05) is 18.2 Å². The molecule has 0 radical (unpaired) electrons. The fourth-order valence-corrected chi connectivity index (χ4v) is 5.79. The summed E-state index contributed by atoms with van der Waals surface area (Å²) >= 11 is 4.74.